The number of carbonyl (C=O) groups excluding carboxylic acids is 1. The van der Waals surface area contributed by atoms with Crippen LogP contribution in [-0.2, 0) is 4.79 Å². The molecule has 0 spiro atoms. The van der Waals surface area contributed by atoms with Gasteiger partial charge in [0, 0.05) is 25.2 Å². The SMILES string of the molecule is CC(C)N(CCNC(=O)CC1(O)CCCC1)C1CC1. The maximum absolute atomic E-state index is 11.9. The fourth-order valence-electron chi connectivity index (χ4n) is 3.16. The zero-order valence-corrected chi connectivity index (χ0v) is 12.3. The first-order valence-electron chi connectivity index (χ1n) is 7.75. The van der Waals surface area contributed by atoms with Crippen molar-refractivity contribution in [3.63, 3.8) is 0 Å². The molecule has 0 atom stereocenters. The highest BCUT2D eigenvalue weighted by molar-refractivity contribution is 5.77. The Morgan fingerprint density at radius 2 is 2.00 bits per heavy atom. The molecule has 0 unspecified atom stereocenters. The predicted molar refractivity (Wildman–Crippen MR) is 75.9 cm³/mol. The smallest absolute Gasteiger partial charge is 0.222 e. The zero-order valence-electron chi connectivity index (χ0n) is 12.3. The minimum absolute atomic E-state index is 0.00361. The molecule has 19 heavy (non-hydrogen) atoms. The molecule has 2 aliphatic carbocycles. The molecule has 110 valence electrons. The molecular weight excluding hydrogens is 240 g/mol. The number of carbonyl (C=O) groups is 1. The lowest BCUT2D eigenvalue weighted by atomic mass is 9.98. The molecule has 0 radical (unpaired) electrons. The van der Waals surface area contributed by atoms with E-state index in [0.717, 1.165) is 38.3 Å². The van der Waals surface area contributed by atoms with Gasteiger partial charge >= 0.3 is 0 Å². The number of amides is 1. The number of hydrogen-bond donors (Lipinski definition) is 2. The van der Waals surface area contributed by atoms with Crippen molar-refractivity contribution in [2.24, 2.45) is 0 Å². The van der Waals surface area contributed by atoms with Gasteiger partial charge in [-0.3, -0.25) is 9.69 Å². The Hall–Kier alpha value is -0.610. The van der Waals surface area contributed by atoms with Gasteiger partial charge in [-0.05, 0) is 39.5 Å². The highest BCUT2D eigenvalue weighted by Crippen LogP contribution is 2.32. The van der Waals surface area contributed by atoms with E-state index < -0.39 is 5.60 Å². The Morgan fingerprint density at radius 3 is 2.53 bits per heavy atom. The van der Waals surface area contributed by atoms with Crippen molar-refractivity contribution in [2.45, 2.75) is 76.5 Å². The Morgan fingerprint density at radius 1 is 1.37 bits per heavy atom. The van der Waals surface area contributed by atoms with Gasteiger partial charge in [0.05, 0.1) is 12.0 Å². The first-order chi connectivity index (χ1) is 9.00. The summed E-state index contributed by atoms with van der Waals surface area (Å²) in [7, 11) is 0. The monoisotopic (exact) mass is 268 g/mol. The number of rotatable bonds is 7. The van der Waals surface area contributed by atoms with Crippen LogP contribution in [0.15, 0.2) is 0 Å². The van der Waals surface area contributed by atoms with Crippen LogP contribution in [0.3, 0.4) is 0 Å². The van der Waals surface area contributed by atoms with Crippen LogP contribution in [0.4, 0.5) is 0 Å². The topological polar surface area (TPSA) is 52.6 Å². The van der Waals surface area contributed by atoms with Crippen molar-refractivity contribution in [2.75, 3.05) is 13.1 Å². The first-order valence-corrected chi connectivity index (χ1v) is 7.75. The molecule has 0 saturated heterocycles. The van der Waals surface area contributed by atoms with E-state index in [1.807, 2.05) is 0 Å². The molecule has 2 N–H and O–H groups in total. The van der Waals surface area contributed by atoms with E-state index in [4.69, 9.17) is 0 Å². The van der Waals surface area contributed by atoms with E-state index in [9.17, 15) is 9.90 Å². The molecule has 4 nitrogen and oxygen atoms in total. The molecule has 0 aromatic rings. The molecule has 2 aliphatic rings. The van der Waals surface area contributed by atoms with Crippen LogP contribution < -0.4 is 5.32 Å². The van der Waals surface area contributed by atoms with Crippen LogP contribution in [0.25, 0.3) is 0 Å². The van der Waals surface area contributed by atoms with Crippen LogP contribution in [-0.4, -0.2) is 46.7 Å². The Balaban J connectivity index is 1.65. The summed E-state index contributed by atoms with van der Waals surface area (Å²) in [6.45, 7) is 6.04. The van der Waals surface area contributed by atoms with Gasteiger partial charge < -0.3 is 10.4 Å². The fraction of sp³-hybridized carbons (Fsp3) is 0.933. The Bertz CT molecular complexity index is 305. The normalized spacial score (nSPS) is 22.2. The van der Waals surface area contributed by atoms with E-state index in [0.29, 0.717) is 12.6 Å². The van der Waals surface area contributed by atoms with Gasteiger partial charge in [0.25, 0.3) is 0 Å². The summed E-state index contributed by atoms with van der Waals surface area (Å²) >= 11 is 0. The third-order valence-electron chi connectivity index (χ3n) is 4.40. The molecule has 2 saturated carbocycles. The summed E-state index contributed by atoms with van der Waals surface area (Å²) in [6.07, 6.45) is 6.52. The molecule has 0 heterocycles. The van der Waals surface area contributed by atoms with Gasteiger partial charge in [-0.15, -0.1) is 0 Å². The number of hydrogen-bond acceptors (Lipinski definition) is 3. The van der Waals surface area contributed by atoms with Crippen LogP contribution >= 0.6 is 0 Å². The molecule has 2 fully saturated rings. The second kappa shape index (κ2) is 6.23. The molecule has 0 aromatic heterocycles. The third kappa shape index (κ3) is 4.46. The Labute approximate surface area is 116 Å². The average molecular weight is 268 g/mol. The quantitative estimate of drug-likeness (QED) is 0.738. The van der Waals surface area contributed by atoms with Crippen LogP contribution in [0, 0.1) is 0 Å². The van der Waals surface area contributed by atoms with Crippen molar-refractivity contribution < 1.29 is 9.90 Å². The maximum atomic E-state index is 11.9. The van der Waals surface area contributed by atoms with Gasteiger partial charge in [0.2, 0.25) is 5.91 Å². The molecular formula is C15H28N2O2. The molecule has 0 aliphatic heterocycles. The molecule has 0 bridgehead atoms. The highest BCUT2D eigenvalue weighted by atomic mass is 16.3. The van der Waals surface area contributed by atoms with Gasteiger partial charge in [-0.2, -0.15) is 0 Å². The maximum Gasteiger partial charge on any atom is 0.222 e. The van der Waals surface area contributed by atoms with Crippen molar-refractivity contribution in [3.8, 4) is 0 Å². The lowest BCUT2D eigenvalue weighted by Crippen LogP contribution is -2.41. The largest absolute Gasteiger partial charge is 0.389 e. The lowest BCUT2D eigenvalue weighted by Gasteiger charge is -2.27. The summed E-state index contributed by atoms with van der Waals surface area (Å²) in [5.41, 5.74) is -0.724. The molecule has 2 rings (SSSR count). The summed E-state index contributed by atoms with van der Waals surface area (Å²) in [6, 6.07) is 1.28. The van der Waals surface area contributed by atoms with E-state index in [1.165, 1.54) is 12.8 Å². The van der Waals surface area contributed by atoms with Gasteiger partial charge in [0.1, 0.15) is 0 Å². The van der Waals surface area contributed by atoms with Crippen LogP contribution in [0.2, 0.25) is 0 Å². The van der Waals surface area contributed by atoms with Crippen molar-refractivity contribution in [1.29, 1.82) is 0 Å². The van der Waals surface area contributed by atoms with Crippen molar-refractivity contribution in [1.82, 2.24) is 10.2 Å². The summed E-state index contributed by atoms with van der Waals surface area (Å²) in [4.78, 5) is 14.3. The zero-order chi connectivity index (χ0) is 13.9. The molecule has 0 aromatic carbocycles. The van der Waals surface area contributed by atoms with Gasteiger partial charge in [0.15, 0.2) is 0 Å². The first kappa shape index (κ1) is 14.8. The van der Waals surface area contributed by atoms with Gasteiger partial charge in [-0.25, -0.2) is 0 Å². The summed E-state index contributed by atoms with van der Waals surface area (Å²) in [5, 5.41) is 13.1. The molecule has 4 heteroatoms. The van der Waals surface area contributed by atoms with Crippen LogP contribution in [0.1, 0.15) is 58.8 Å². The highest BCUT2D eigenvalue weighted by Gasteiger charge is 2.33. The van der Waals surface area contributed by atoms with E-state index >= 15 is 0 Å². The minimum Gasteiger partial charge on any atom is -0.389 e. The van der Waals surface area contributed by atoms with Crippen LogP contribution in [0.5, 0.6) is 0 Å². The standard InChI is InChI=1S/C15H28N2O2/c1-12(2)17(13-5-6-13)10-9-16-14(18)11-15(19)7-3-4-8-15/h12-13,19H,3-11H2,1-2H3,(H,16,18). The minimum atomic E-state index is -0.724. The average Bonchev–Trinajstić information content (AvgIpc) is 3.07. The van der Waals surface area contributed by atoms with E-state index in [2.05, 4.69) is 24.1 Å². The third-order valence-corrected chi connectivity index (χ3v) is 4.40. The molecule has 1 amide bonds. The second-order valence-electron chi connectivity index (χ2n) is 6.52. The van der Waals surface area contributed by atoms with Gasteiger partial charge in [-0.1, -0.05) is 12.8 Å². The summed E-state index contributed by atoms with van der Waals surface area (Å²) in [5.74, 6) is 0.00361. The second-order valence-corrected chi connectivity index (χ2v) is 6.52. The number of nitrogens with one attached hydrogen (secondary N) is 1. The predicted octanol–water partition coefficient (Wildman–Crippen LogP) is 1.67. The fourth-order valence-corrected chi connectivity index (χ4v) is 3.16. The number of aliphatic hydroxyl groups is 1. The Kier molecular flexibility index (Phi) is 4.85. The van der Waals surface area contributed by atoms with E-state index in [1.54, 1.807) is 0 Å². The van der Waals surface area contributed by atoms with Crippen molar-refractivity contribution in [3.05, 3.63) is 0 Å². The lowest BCUT2D eigenvalue weighted by molar-refractivity contribution is -0.125. The van der Waals surface area contributed by atoms with E-state index in [-0.39, 0.29) is 12.3 Å². The summed E-state index contributed by atoms with van der Waals surface area (Å²) < 4.78 is 0. The number of nitrogens with zero attached hydrogens (tertiary/aromatic N) is 1. The van der Waals surface area contributed by atoms with Crippen molar-refractivity contribution >= 4 is 5.91 Å².